The van der Waals surface area contributed by atoms with Gasteiger partial charge < -0.3 is 5.11 Å². The maximum Gasteiger partial charge on any atom is 0.0833 e. The maximum absolute atomic E-state index is 10.4. The smallest absolute Gasteiger partial charge is 0.0833 e. The summed E-state index contributed by atoms with van der Waals surface area (Å²) < 4.78 is 1.29. The van der Waals surface area contributed by atoms with Crippen LogP contribution in [-0.4, -0.2) is 5.11 Å². The Labute approximate surface area is 117 Å². The molecular weight excluding hydrogens is 252 g/mol. The largest absolute Gasteiger partial charge is 0.388 e. The Morgan fingerprint density at radius 2 is 1.79 bits per heavy atom. The Balaban J connectivity index is 1.91. The first kappa shape index (κ1) is 12.4. The van der Waals surface area contributed by atoms with Gasteiger partial charge >= 0.3 is 0 Å². The van der Waals surface area contributed by atoms with Gasteiger partial charge in [-0.2, -0.15) is 0 Å². The second kappa shape index (κ2) is 5.16. The van der Waals surface area contributed by atoms with Crippen LogP contribution in [0.5, 0.6) is 0 Å². The monoisotopic (exact) mass is 268 g/mol. The Hall–Kier alpha value is -1.64. The van der Waals surface area contributed by atoms with E-state index >= 15 is 0 Å². The average molecular weight is 268 g/mol. The van der Waals surface area contributed by atoms with Crippen LogP contribution in [0.25, 0.3) is 10.1 Å². The molecule has 0 aliphatic carbocycles. The number of hydrogen-bond donors (Lipinski definition) is 1. The Kier molecular flexibility index (Phi) is 3.36. The molecule has 1 aromatic heterocycles. The van der Waals surface area contributed by atoms with Gasteiger partial charge in [-0.15, -0.1) is 11.3 Å². The molecule has 0 aliphatic heterocycles. The molecule has 0 spiro atoms. The highest BCUT2D eigenvalue weighted by Gasteiger charge is 2.13. The summed E-state index contributed by atoms with van der Waals surface area (Å²) in [6, 6.07) is 16.4. The van der Waals surface area contributed by atoms with Crippen molar-refractivity contribution in [2.45, 2.75) is 19.4 Å². The number of hydrogen-bond acceptors (Lipinski definition) is 2. The van der Waals surface area contributed by atoms with Gasteiger partial charge in [0.05, 0.1) is 6.10 Å². The number of rotatable bonds is 3. The minimum Gasteiger partial charge on any atom is -0.388 e. The summed E-state index contributed by atoms with van der Waals surface area (Å²) in [7, 11) is 0. The Morgan fingerprint density at radius 1 is 1.05 bits per heavy atom. The van der Waals surface area contributed by atoms with Gasteiger partial charge in [0.15, 0.2) is 0 Å². The molecule has 3 rings (SSSR count). The van der Waals surface area contributed by atoms with Gasteiger partial charge in [-0.1, -0.05) is 42.5 Å². The highest BCUT2D eigenvalue weighted by Crippen LogP contribution is 2.30. The topological polar surface area (TPSA) is 20.2 Å². The van der Waals surface area contributed by atoms with Crippen molar-refractivity contribution in [1.82, 2.24) is 0 Å². The molecule has 1 atom stereocenters. The number of aryl methyl sites for hydroxylation is 1. The fraction of sp³-hybridized carbons (Fsp3) is 0.176. The standard InChI is InChI=1S/C17H16OS/c1-12-6-2-3-7-14(12)16(18)10-13-11-19-17-9-5-4-8-15(13)17/h2-9,11,16,18H,10H2,1H3. The third kappa shape index (κ3) is 2.42. The van der Waals surface area contributed by atoms with Crippen molar-refractivity contribution >= 4 is 21.4 Å². The minimum atomic E-state index is -0.431. The first-order valence-electron chi connectivity index (χ1n) is 6.44. The number of aliphatic hydroxyl groups is 1. The van der Waals surface area contributed by atoms with E-state index in [2.05, 4.69) is 29.6 Å². The normalized spacial score (nSPS) is 12.7. The quantitative estimate of drug-likeness (QED) is 0.742. The highest BCUT2D eigenvalue weighted by atomic mass is 32.1. The predicted octanol–water partition coefficient (Wildman–Crippen LogP) is 4.49. The summed E-state index contributed by atoms with van der Waals surface area (Å²) in [5.41, 5.74) is 3.41. The lowest BCUT2D eigenvalue weighted by molar-refractivity contribution is 0.178. The van der Waals surface area contributed by atoms with E-state index in [1.807, 2.05) is 31.2 Å². The number of benzene rings is 2. The second-order valence-electron chi connectivity index (χ2n) is 4.83. The van der Waals surface area contributed by atoms with Gasteiger partial charge in [0.1, 0.15) is 0 Å². The Morgan fingerprint density at radius 3 is 2.63 bits per heavy atom. The molecule has 0 radical (unpaired) electrons. The molecule has 0 fully saturated rings. The highest BCUT2D eigenvalue weighted by molar-refractivity contribution is 7.17. The van der Waals surface area contributed by atoms with E-state index in [0.29, 0.717) is 6.42 Å². The molecule has 3 aromatic rings. The SMILES string of the molecule is Cc1ccccc1C(O)Cc1csc2ccccc12. The summed E-state index contributed by atoms with van der Waals surface area (Å²) in [4.78, 5) is 0. The van der Waals surface area contributed by atoms with E-state index in [4.69, 9.17) is 0 Å². The van der Waals surface area contributed by atoms with Crippen LogP contribution in [0.1, 0.15) is 22.8 Å². The first-order chi connectivity index (χ1) is 9.25. The van der Waals surface area contributed by atoms with Crippen LogP contribution in [0, 0.1) is 6.92 Å². The molecule has 0 saturated heterocycles. The molecular formula is C17H16OS. The summed E-state index contributed by atoms with van der Waals surface area (Å²) >= 11 is 1.74. The van der Waals surface area contributed by atoms with Crippen molar-refractivity contribution in [2.24, 2.45) is 0 Å². The predicted molar refractivity (Wildman–Crippen MR) is 81.7 cm³/mol. The molecule has 0 amide bonds. The lowest BCUT2D eigenvalue weighted by Gasteiger charge is -2.13. The molecule has 0 bridgehead atoms. The third-order valence-corrected chi connectivity index (χ3v) is 4.53. The van der Waals surface area contributed by atoms with Gasteiger partial charge in [0.25, 0.3) is 0 Å². The Bertz CT molecular complexity index is 699. The number of thiophene rings is 1. The molecule has 1 nitrogen and oxygen atoms in total. The van der Waals surface area contributed by atoms with Crippen molar-refractivity contribution < 1.29 is 5.11 Å². The molecule has 96 valence electrons. The van der Waals surface area contributed by atoms with Crippen molar-refractivity contribution in [3.8, 4) is 0 Å². The summed E-state index contributed by atoms with van der Waals surface area (Å²) in [5.74, 6) is 0. The van der Waals surface area contributed by atoms with Crippen LogP contribution in [0.2, 0.25) is 0 Å². The van der Waals surface area contributed by atoms with E-state index in [9.17, 15) is 5.11 Å². The first-order valence-corrected chi connectivity index (χ1v) is 7.32. The van der Waals surface area contributed by atoms with Crippen molar-refractivity contribution in [1.29, 1.82) is 0 Å². The van der Waals surface area contributed by atoms with Crippen LogP contribution < -0.4 is 0 Å². The lowest BCUT2D eigenvalue weighted by Crippen LogP contribution is -2.03. The fourth-order valence-electron chi connectivity index (χ4n) is 2.47. The summed E-state index contributed by atoms with van der Waals surface area (Å²) in [6.07, 6.45) is 0.244. The molecule has 0 aliphatic rings. The zero-order valence-corrected chi connectivity index (χ0v) is 11.7. The molecule has 1 N–H and O–H groups in total. The van der Waals surface area contributed by atoms with E-state index in [1.165, 1.54) is 15.6 Å². The molecule has 0 saturated carbocycles. The van der Waals surface area contributed by atoms with Crippen molar-refractivity contribution in [3.63, 3.8) is 0 Å². The van der Waals surface area contributed by atoms with Crippen LogP contribution in [0.3, 0.4) is 0 Å². The number of fused-ring (bicyclic) bond motifs is 1. The van der Waals surface area contributed by atoms with Gasteiger partial charge in [-0.25, -0.2) is 0 Å². The number of aliphatic hydroxyl groups excluding tert-OH is 1. The fourth-order valence-corrected chi connectivity index (χ4v) is 3.45. The van der Waals surface area contributed by atoms with Crippen LogP contribution in [-0.2, 0) is 6.42 Å². The molecule has 1 unspecified atom stereocenters. The molecule has 1 heterocycles. The van der Waals surface area contributed by atoms with Crippen LogP contribution in [0.15, 0.2) is 53.9 Å². The van der Waals surface area contributed by atoms with Crippen molar-refractivity contribution in [3.05, 3.63) is 70.6 Å². The van der Waals surface area contributed by atoms with E-state index < -0.39 is 6.10 Å². The van der Waals surface area contributed by atoms with Gasteiger partial charge in [0, 0.05) is 11.1 Å². The van der Waals surface area contributed by atoms with E-state index in [-0.39, 0.29) is 0 Å². The zero-order valence-electron chi connectivity index (χ0n) is 10.8. The lowest BCUT2D eigenvalue weighted by atomic mass is 9.97. The van der Waals surface area contributed by atoms with E-state index in [1.54, 1.807) is 11.3 Å². The van der Waals surface area contributed by atoms with Gasteiger partial charge in [-0.05, 0) is 40.4 Å². The van der Waals surface area contributed by atoms with E-state index in [0.717, 1.165) is 11.1 Å². The van der Waals surface area contributed by atoms with Crippen LogP contribution in [0.4, 0.5) is 0 Å². The average Bonchev–Trinajstić information content (AvgIpc) is 2.83. The third-order valence-electron chi connectivity index (χ3n) is 3.52. The van der Waals surface area contributed by atoms with Crippen molar-refractivity contribution in [2.75, 3.05) is 0 Å². The summed E-state index contributed by atoms with van der Waals surface area (Å²) in [5, 5.41) is 13.9. The van der Waals surface area contributed by atoms with Gasteiger partial charge in [0.2, 0.25) is 0 Å². The molecule has 19 heavy (non-hydrogen) atoms. The second-order valence-corrected chi connectivity index (χ2v) is 5.74. The maximum atomic E-state index is 10.4. The molecule has 2 aromatic carbocycles. The molecule has 2 heteroatoms. The van der Waals surface area contributed by atoms with Crippen LogP contribution >= 0.6 is 11.3 Å². The zero-order chi connectivity index (χ0) is 13.2. The minimum absolute atomic E-state index is 0.431. The van der Waals surface area contributed by atoms with Gasteiger partial charge in [-0.3, -0.25) is 0 Å². The summed E-state index contributed by atoms with van der Waals surface area (Å²) in [6.45, 7) is 2.05.